The van der Waals surface area contributed by atoms with Gasteiger partial charge in [0.25, 0.3) is 0 Å². The molecule has 1 saturated heterocycles. The van der Waals surface area contributed by atoms with E-state index in [9.17, 15) is 9.59 Å². The highest BCUT2D eigenvalue weighted by atomic mass is 32.2. The summed E-state index contributed by atoms with van der Waals surface area (Å²) < 4.78 is 0. The molecule has 0 saturated carbocycles. The number of likely N-dealkylation sites (tertiary alicyclic amines) is 1. The van der Waals surface area contributed by atoms with Gasteiger partial charge in [-0.2, -0.15) is 0 Å². The lowest BCUT2D eigenvalue weighted by molar-refractivity contribution is -0.141. The third-order valence-corrected chi connectivity index (χ3v) is 4.93. The van der Waals surface area contributed by atoms with Crippen LogP contribution >= 0.6 is 11.8 Å². The molecule has 1 N–H and O–H groups in total. The molecular formula is C14H15NO3S. The number of fused-ring (bicyclic) bond motifs is 1. The van der Waals surface area contributed by atoms with Crippen molar-refractivity contribution in [2.24, 2.45) is 5.92 Å². The van der Waals surface area contributed by atoms with E-state index in [2.05, 4.69) is 6.07 Å². The zero-order valence-corrected chi connectivity index (χ0v) is 11.2. The molecule has 3 rings (SSSR count). The van der Waals surface area contributed by atoms with Crippen LogP contribution < -0.4 is 0 Å². The van der Waals surface area contributed by atoms with Crippen LogP contribution in [0.5, 0.6) is 0 Å². The SMILES string of the molecule is O=C(O)[C@H]1CC(=O)N([C@@H]2CCSc3ccccc32)C1. The molecule has 100 valence electrons. The minimum absolute atomic E-state index is 0.0286. The summed E-state index contributed by atoms with van der Waals surface area (Å²) in [5.74, 6) is -0.467. The van der Waals surface area contributed by atoms with E-state index in [1.54, 1.807) is 16.7 Å². The topological polar surface area (TPSA) is 57.6 Å². The second kappa shape index (κ2) is 4.89. The van der Waals surface area contributed by atoms with Gasteiger partial charge >= 0.3 is 5.97 Å². The van der Waals surface area contributed by atoms with Crippen molar-refractivity contribution < 1.29 is 14.7 Å². The summed E-state index contributed by atoms with van der Waals surface area (Å²) in [6.07, 6.45) is 1.04. The number of rotatable bonds is 2. The van der Waals surface area contributed by atoms with E-state index in [-0.39, 0.29) is 18.4 Å². The number of nitrogens with zero attached hydrogens (tertiary/aromatic N) is 1. The zero-order chi connectivity index (χ0) is 13.4. The van der Waals surface area contributed by atoms with Gasteiger partial charge in [-0.05, 0) is 18.1 Å². The van der Waals surface area contributed by atoms with Crippen LogP contribution in [0.15, 0.2) is 29.2 Å². The molecule has 19 heavy (non-hydrogen) atoms. The maximum absolute atomic E-state index is 12.1. The summed E-state index contributed by atoms with van der Waals surface area (Å²) >= 11 is 1.81. The van der Waals surface area contributed by atoms with Crippen molar-refractivity contribution in [1.82, 2.24) is 4.90 Å². The standard InChI is InChI=1S/C14H15NO3S/c16-13-7-9(14(17)18)8-15(13)11-5-6-19-12-4-2-1-3-10(11)12/h1-4,9,11H,5-8H2,(H,17,18)/t9-,11+/m0/s1. The Labute approximate surface area is 115 Å². The first-order chi connectivity index (χ1) is 9.16. The monoisotopic (exact) mass is 277 g/mol. The highest BCUT2D eigenvalue weighted by Gasteiger charge is 2.39. The molecule has 5 heteroatoms. The number of thioether (sulfide) groups is 1. The number of carboxylic acids is 1. The van der Waals surface area contributed by atoms with Crippen LogP contribution in [-0.2, 0) is 9.59 Å². The van der Waals surface area contributed by atoms with E-state index >= 15 is 0 Å². The van der Waals surface area contributed by atoms with Crippen molar-refractivity contribution in [2.75, 3.05) is 12.3 Å². The Morgan fingerprint density at radius 2 is 2.16 bits per heavy atom. The molecule has 1 fully saturated rings. The molecule has 2 aliphatic rings. The highest BCUT2D eigenvalue weighted by Crippen LogP contribution is 2.41. The van der Waals surface area contributed by atoms with E-state index in [1.807, 2.05) is 18.2 Å². The minimum Gasteiger partial charge on any atom is -0.481 e. The molecule has 2 aliphatic heterocycles. The molecule has 0 spiro atoms. The number of carbonyl (C=O) groups excluding carboxylic acids is 1. The fourth-order valence-corrected chi connectivity index (χ4v) is 3.95. The van der Waals surface area contributed by atoms with Gasteiger partial charge in [0.1, 0.15) is 0 Å². The van der Waals surface area contributed by atoms with Gasteiger partial charge in [0.2, 0.25) is 5.91 Å². The van der Waals surface area contributed by atoms with E-state index in [4.69, 9.17) is 5.11 Å². The van der Waals surface area contributed by atoms with Gasteiger partial charge in [-0.15, -0.1) is 11.8 Å². The van der Waals surface area contributed by atoms with Gasteiger partial charge in [0.05, 0.1) is 12.0 Å². The van der Waals surface area contributed by atoms with Crippen LogP contribution in [-0.4, -0.2) is 34.2 Å². The zero-order valence-electron chi connectivity index (χ0n) is 10.4. The van der Waals surface area contributed by atoms with Gasteiger partial charge in [-0.25, -0.2) is 0 Å². The predicted octanol–water partition coefficient (Wildman–Crippen LogP) is 2.16. The molecule has 0 unspecified atom stereocenters. The number of amides is 1. The van der Waals surface area contributed by atoms with Crippen LogP contribution in [0.3, 0.4) is 0 Å². The quantitative estimate of drug-likeness (QED) is 0.900. The summed E-state index contributed by atoms with van der Waals surface area (Å²) in [4.78, 5) is 26.1. The van der Waals surface area contributed by atoms with Crippen molar-refractivity contribution in [3.8, 4) is 0 Å². The third-order valence-electron chi connectivity index (χ3n) is 3.81. The average molecular weight is 277 g/mol. The van der Waals surface area contributed by atoms with Gasteiger partial charge in [0, 0.05) is 23.6 Å². The Morgan fingerprint density at radius 1 is 1.37 bits per heavy atom. The van der Waals surface area contributed by atoms with Crippen molar-refractivity contribution in [2.45, 2.75) is 23.8 Å². The van der Waals surface area contributed by atoms with Gasteiger partial charge in [0.15, 0.2) is 0 Å². The van der Waals surface area contributed by atoms with Crippen molar-refractivity contribution in [1.29, 1.82) is 0 Å². The molecule has 2 atom stereocenters. The third kappa shape index (κ3) is 2.23. The van der Waals surface area contributed by atoms with Crippen molar-refractivity contribution in [3.63, 3.8) is 0 Å². The highest BCUT2D eigenvalue weighted by molar-refractivity contribution is 7.99. The second-order valence-corrected chi connectivity index (χ2v) is 6.11. The number of carbonyl (C=O) groups is 2. The normalized spacial score (nSPS) is 26.3. The first kappa shape index (κ1) is 12.5. The molecule has 1 aromatic carbocycles. The Balaban J connectivity index is 1.88. The van der Waals surface area contributed by atoms with Crippen LogP contribution in [0.25, 0.3) is 0 Å². The molecule has 2 heterocycles. The van der Waals surface area contributed by atoms with E-state index in [0.717, 1.165) is 17.7 Å². The first-order valence-corrected chi connectivity index (χ1v) is 7.39. The summed E-state index contributed by atoms with van der Waals surface area (Å²) in [7, 11) is 0. The van der Waals surface area contributed by atoms with E-state index in [0.29, 0.717) is 6.54 Å². The molecule has 0 bridgehead atoms. The summed E-state index contributed by atoms with van der Waals surface area (Å²) in [6.45, 7) is 0.345. The molecular weight excluding hydrogens is 262 g/mol. The maximum atomic E-state index is 12.1. The number of hydrogen-bond acceptors (Lipinski definition) is 3. The molecule has 0 radical (unpaired) electrons. The fraction of sp³-hybridized carbons (Fsp3) is 0.429. The lowest BCUT2D eigenvalue weighted by Gasteiger charge is -2.32. The smallest absolute Gasteiger partial charge is 0.308 e. The lowest BCUT2D eigenvalue weighted by Crippen LogP contribution is -2.32. The van der Waals surface area contributed by atoms with Gasteiger partial charge < -0.3 is 10.0 Å². The average Bonchev–Trinajstić information content (AvgIpc) is 2.80. The predicted molar refractivity (Wildman–Crippen MR) is 72.0 cm³/mol. The largest absolute Gasteiger partial charge is 0.481 e. The van der Waals surface area contributed by atoms with Crippen LogP contribution in [0.1, 0.15) is 24.4 Å². The lowest BCUT2D eigenvalue weighted by atomic mass is 10.0. The Hall–Kier alpha value is -1.49. The Morgan fingerprint density at radius 3 is 2.89 bits per heavy atom. The molecule has 1 aromatic rings. The van der Waals surface area contributed by atoms with Crippen LogP contribution in [0.2, 0.25) is 0 Å². The van der Waals surface area contributed by atoms with Crippen molar-refractivity contribution >= 4 is 23.6 Å². The molecule has 1 amide bonds. The molecule has 0 aromatic heterocycles. The number of benzene rings is 1. The second-order valence-electron chi connectivity index (χ2n) is 4.98. The summed E-state index contributed by atoms with van der Waals surface area (Å²) in [5, 5.41) is 9.06. The van der Waals surface area contributed by atoms with Crippen LogP contribution in [0, 0.1) is 5.92 Å². The minimum atomic E-state index is -0.866. The van der Waals surface area contributed by atoms with Crippen molar-refractivity contribution in [3.05, 3.63) is 29.8 Å². The number of aliphatic carboxylic acids is 1. The van der Waals surface area contributed by atoms with Crippen LogP contribution in [0.4, 0.5) is 0 Å². The number of hydrogen-bond donors (Lipinski definition) is 1. The Bertz CT molecular complexity index is 531. The fourth-order valence-electron chi connectivity index (χ4n) is 2.85. The van der Waals surface area contributed by atoms with E-state index in [1.165, 1.54) is 4.90 Å². The molecule has 0 aliphatic carbocycles. The first-order valence-electron chi connectivity index (χ1n) is 6.41. The Kier molecular flexibility index (Phi) is 3.22. The molecule has 4 nitrogen and oxygen atoms in total. The van der Waals surface area contributed by atoms with Gasteiger partial charge in [-0.1, -0.05) is 18.2 Å². The van der Waals surface area contributed by atoms with Gasteiger partial charge in [-0.3, -0.25) is 9.59 Å². The summed E-state index contributed by atoms with van der Waals surface area (Å²) in [5.41, 5.74) is 1.16. The number of carboxylic acid groups (broad SMARTS) is 1. The maximum Gasteiger partial charge on any atom is 0.308 e. The van der Waals surface area contributed by atoms with E-state index < -0.39 is 11.9 Å². The summed E-state index contributed by atoms with van der Waals surface area (Å²) in [6, 6.07) is 8.15.